The molecule has 2 aromatic heterocycles. The third-order valence-corrected chi connectivity index (χ3v) is 6.97. The van der Waals surface area contributed by atoms with Crippen LogP contribution in [0.25, 0.3) is 21.3 Å². The molecule has 0 amide bonds. The Labute approximate surface area is 160 Å². The van der Waals surface area contributed by atoms with Gasteiger partial charge in [0.25, 0.3) is 0 Å². The van der Waals surface area contributed by atoms with Gasteiger partial charge in [0.1, 0.15) is 0 Å². The lowest BCUT2D eigenvalue weighted by Crippen LogP contribution is -2.44. The number of thiazole rings is 1. The van der Waals surface area contributed by atoms with Crippen LogP contribution in [0.1, 0.15) is 49.0 Å². The molecule has 0 radical (unpaired) electrons. The fourth-order valence-corrected chi connectivity index (χ4v) is 4.95. The van der Waals surface area contributed by atoms with Crippen LogP contribution in [-0.2, 0) is 0 Å². The molecule has 4 heteroatoms. The Balaban J connectivity index is 1.57. The summed E-state index contributed by atoms with van der Waals surface area (Å²) in [5.74, 6) is 0.629. The van der Waals surface area contributed by atoms with Crippen molar-refractivity contribution in [2.24, 2.45) is 0 Å². The maximum absolute atomic E-state index is 4.93. The number of rotatable bonds is 4. The second-order valence-electron chi connectivity index (χ2n) is 7.90. The zero-order valence-electron chi connectivity index (χ0n) is 16.3. The highest BCUT2D eigenvalue weighted by Crippen LogP contribution is 2.43. The second kappa shape index (κ2) is 6.75. The van der Waals surface area contributed by atoms with Crippen molar-refractivity contribution in [3.8, 4) is 11.1 Å². The summed E-state index contributed by atoms with van der Waals surface area (Å²) < 4.78 is 1.29. The first-order chi connectivity index (χ1) is 12.4. The van der Waals surface area contributed by atoms with Crippen molar-refractivity contribution in [3.63, 3.8) is 0 Å². The Morgan fingerprint density at radius 3 is 2.54 bits per heavy atom. The molecule has 1 aliphatic rings. The van der Waals surface area contributed by atoms with Gasteiger partial charge in [0.15, 0.2) is 0 Å². The number of hydrogen-bond acceptors (Lipinski definition) is 4. The lowest BCUT2D eigenvalue weighted by Gasteiger charge is -2.42. The zero-order valence-corrected chi connectivity index (χ0v) is 17.1. The Kier molecular flexibility index (Phi) is 4.57. The molecule has 1 aromatic carbocycles. The zero-order chi connectivity index (χ0) is 18.4. The average Bonchev–Trinajstić information content (AvgIpc) is 2.95. The van der Waals surface area contributed by atoms with Crippen LogP contribution in [0.5, 0.6) is 0 Å². The van der Waals surface area contributed by atoms with Gasteiger partial charge in [-0.05, 0) is 71.3 Å². The van der Waals surface area contributed by atoms with Gasteiger partial charge in [-0.3, -0.25) is 4.98 Å². The van der Waals surface area contributed by atoms with E-state index in [1.54, 1.807) is 0 Å². The van der Waals surface area contributed by atoms with Gasteiger partial charge in [-0.1, -0.05) is 12.1 Å². The van der Waals surface area contributed by atoms with Gasteiger partial charge in [0, 0.05) is 35.0 Å². The number of fused-ring (bicyclic) bond motifs is 1. The summed E-state index contributed by atoms with van der Waals surface area (Å²) in [6.07, 6.45) is 2.48. The molecule has 0 saturated heterocycles. The van der Waals surface area contributed by atoms with E-state index in [2.05, 4.69) is 68.0 Å². The molecule has 0 spiro atoms. The first-order valence-corrected chi connectivity index (χ1v) is 10.3. The lowest BCUT2D eigenvalue weighted by molar-refractivity contribution is 0.108. The number of aryl methyl sites for hydroxylation is 2. The summed E-state index contributed by atoms with van der Waals surface area (Å²) >= 11 is 1.87. The number of aromatic nitrogens is 2. The topological polar surface area (TPSA) is 29.0 Å². The minimum absolute atomic E-state index is 0.616. The van der Waals surface area contributed by atoms with Gasteiger partial charge in [-0.15, -0.1) is 11.3 Å². The first kappa shape index (κ1) is 17.6. The fourth-order valence-electron chi connectivity index (χ4n) is 3.82. The Hall–Kier alpha value is -1.78. The van der Waals surface area contributed by atoms with Gasteiger partial charge in [-0.2, -0.15) is 0 Å². The molecule has 0 bridgehead atoms. The van der Waals surface area contributed by atoms with Crippen molar-refractivity contribution in [1.29, 1.82) is 0 Å². The van der Waals surface area contributed by atoms with Crippen molar-refractivity contribution in [1.82, 2.24) is 14.9 Å². The lowest BCUT2D eigenvalue weighted by atomic mass is 9.79. The normalized spacial score (nSPS) is 20.1. The quantitative estimate of drug-likeness (QED) is 0.606. The van der Waals surface area contributed by atoms with Gasteiger partial charge in [0.2, 0.25) is 0 Å². The van der Waals surface area contributed by atoms with E-state index in [-0.39, 0.29) is 0 Å². The maximum atomic E-state index is 4.93. The van der Waals surface area contributed by atoms with E-state index in [9.17, 15) is 0 Å². The summed E-state index contributed by atoms with van der Waals surface area (Å²) in [5, 5.41) is 1.31. The largest absolute Gasteiger partial charge is 0.301 e. The van der Waals surface area contributed by atoms with Crippen LogP contribution in [0.3, 0.4) is 0 Å². The van der Waals surface area contributed by atoms with Gasteiger partial charge >= 0.3 is 0 Å². The summed E-state index contributed by atoms with van der Waals surface area (Å²) in [5.41, 5.74) is 5.75. The SMILES string of the molecule is Cc1ccc(-c2ccc3nc(C4CC(N(C)C(C)C)C4)sc3c2)c(C)n1. The molecule has 3 nitrogen and oxygen atoms in total. The van der Waals surface area contributed by atoms with E-state index < -0.39 is 0 Å². The predicted octanol–water partition coefficient (Wildman–Crippen LogP) is 5.56. The van der Waals surface area contributed by atoms with Crippen molar-refractivity contribution in [2.45, 2.75) is 58.5 Å². The third-order valence-electron chi connectivity index (χ3n) is 5.79. The molecule has 136 valence electrons. The van der Waals surface area contributed by atoms with E-state index in [0.29, 0.717) is 18.0 Å². The molecule has 0 unspecified atom stereocenters. The van der Waals surface area contributed by atoms with Crippen molar-refractivity contribution in [3.05, 3.63) is 46.7 Å². The molecular formula is C22H27N3S. The Bertz CT molecular complexity index is 938. The number of benzene rings is 1. The van der Waals surface area contributed by atoms with Crippen LogP contribution in [0, 0.1) is 13.8 Å². The summed E-state index contributed by atoms with van der Waals surface area (Å²) in [7, 11) is 2.24. The minimum Gasteiger partial charge on any atom is -0.301 e. The van der Waals surface area contributed by atoms with Crippen LogP contribution in [0.4, 0.5) is 0 Å². The predicted molar refractivity (Wildman–Crippen MR) is 111 cm³/mol. The highest BCUT2D eigenvalue weighted by atomic mass is 32.1. The molecule has 0 atom stereocenters. The van der Waals surface area contributed by atoms with Crippen molar-refractivity contribution < 1.29 is 0 Å². The van der Waals surface area contributed by atoms with Crippen LogP contribution in [-0.4, -0.2) is 34.0 Å². The van der Waals surface area contributed by atoms with Crippen molar-refractivity contribution >= 4 is 21.6 Å². The molecule has 0 N–H and O–H groups in total. The standard InChI is InChI=1S/C22H27N3S/c1-13(2)25(5)18-10-17(11-18)22-24-20-9-7-16(12-21(20)26-22)19-8-6-14(3)23-15(19)4/h6-9,12-13,17-18H,10-11H2,1-5H3. The number of hydrogen-bond donors (Lipinski definition) is 0. The Morgan fingerprint density at radius 2 is 1.85 bits per heavy atom. The molecule has 4 rings (SSSR count). The number of pyridine rings is 1. The average molecular weight is 366 g/mol. The first-order valence-electron chi connectivity index (χ1n) is 9.49. The van der Waals surface area contributed by atoms with E-state index >= 15 is 0 Å². The molecule has 26 heavy (non-hydrogen) atoms. The third kappa shape index (κ3) is 3.17. The molecule has 1 aliphatic carbocycles. The summed E-state index contributed by atoms with van der Waals surface area (Å²) in [6.45, 7) is 8.67. The van der Waals surface area contributed by atoms with Crippen LogP contribution in [0.2, 0.25) is 0 Å². The second-order valence-corrected chi connectivity index (χ2v) is 8.96. The van der Waals surface area contributed by atoms with E-state index in [1.165, 1.54) is 33.7 Å². The van der Waals surface area contributed by atoms with Crippen molar-refractivity contribution in [2.75, 3.05) is 7.05 Å². The molecule has 0 aliphatic heterocycles. The highest BCUT2D eigenvalue weighted by Gasteiger charge is 2.35. The number of nitrogens with zero attached hydrogens (tertiary/aromatic N) is 3. The fraction of sp³-hybridized carbons (Fsp3) is 0.455. The smallest absolute Gasteiger partial charge is 0.0970 e. The van der Waals surface area contributed by atoms with E-state index in [4.69, 9.17) is 4.98 Å². The van der Waals surface area contributed by atoms with Crippen LogP contribution in [0.15, 0.2) is 30.3 Å². The monoisotopic (exact) mass is 365 g/mol. The van der Waals surface area contributed by atoms with E-state index in [1.807, 2.05) is 18.3 Å². The molecule has 3 aromatic rings. The van der Waals surface area contributed by atoms with Crippen LogP contribution < -0.4 is 0 Å². The molecule has 2 heterocycles. The summed E-state index contributed by atoms with van der Waals surface area (Å²) in [6, 6.07) is 12.2. The molecular weight excluding hydrogens is 338 g/mol. The summed E-state index contributed by atoms with van der Waals surface area (Å²) in [4.78, 5) is 12.0. The van der Waals surface area contributed by atoms with E-state index in [0.717, 1.165) is 16.9 Å². The maximum Gasteiger partial charge on any atom is 0.0970 e. The molecule has 1 saturated carbocycles. The van der Waals surface area contributed by atoms with Gasteiger partial charge < -0.3 is 4.90 Å². The molecule has 1 fully saturated rings. The van der Waals surface area contributed by atoms with Gasteiger partial charge in [-0.25, -0.2) is 4.98 Å². The van der Waals surface area contributed by atoms with Crippen LogP contribution >= 0.6 is 11.3 Å². The minimum atomic E-state index is 0.616. The van der Waals surface area contributed by atoms with Gasteiger partial charge in [0.05, 0.1) is 15.2 Å². The highest BCUT2D eigenvalue weighted by molar-refractivity contribution is 7.18. The Morgan fingerprint density at radius 1 is 1.08 bits per heavy atom.